The van der Waals surface area contributed by atoms with Crippen LogP contribution < -0.4 is 10.6 Å². The molecule has 0 aliphatic heterocycles. The predicted molar refractivity (Wildman–Crippen MR) is 124 cm³/mol. The van der Waals surface area contributed by atoms with E-state index in [0.717, 1.165) is 22.3 Å². The van der Waals surface area contributed by atoms with E-state index in [2.05, 4.69) is 17.6 Å². The zero-order chi connectivity index (χ0) is 22.0. The number of halogens is 1. The molecular formula is C25H25ClN2O2. The fourth-order valence-electron chi connectivity index (χ4n) is 3.51. The van der Waals surface area contributed by atoms with E-state index in [0.29, 0.717) is 27.5 Å². The molecule has 0 saturated carbocycles. The molecule has 2 amide bonds. The molecule has 0 spiro atoms. The molecule has 154 valence electrons. The molecule has 0 fully saturated rings. The summed E-state index contributed by atoms with van der Waals surface area (Å²) >= 11 is 6.31. The summed E-state index contributed by atoms with van der Waals surface area (Å²) in [7, 11) is 0. The van der Waals surface area contributed by atoms with Crippen LogP contribution in [0.1, 0.15) is 48.5 Å². The molecule has 30 heavy (non-hydrogen) atoms. The number of rotatable bonds is 4. The van der Waals surface area contributed by atoms with E-state index in [4.69, 9.17) is 11.6 Å². The largest absolute Gasteiger partial charge is 0.322 e. The zero-order valence-electron chi connectivity index (χ0n) is 17.8. The average Bonchev–Trinajstić information content (AvgIpc) is 2.73. The lowest BCUT2D eigenvalue weighted by Crippen LogP contribution is -2.18. The van der Waals surface area contributed by atoms with Gasteiger partial charge in [-0.2, -0.15) is 0 Å². The molecule has 0 heterocycles. The molecule has 0 unspecified atom stereocenters. The lowest BCUT2D eigenvalue weighted by Gasteiger charge is -2.18. The Morgan fingerprint density at radius 1 is 0.700 bits per heavy atom. The van der Waals surface area contributed by atoms with Crippen LogP contribution >= 0.6 is 11.6 Å². The number of para-hydroxylation sites is 1. The number of carbonyl (C=O) groups is 2. The van der Waals surface area contributed by atoms with Crippen molar-refractivity contribution in [3.63, 3.8) is 0 Å². The van der Waals surface area contributed by atoms with Crippen LogP contribution in [0.5, 0.6) is 0 Å². The summed E-state index contributed by atoms with van der Waals surface area (Å²) in [5, 5.41) is 6.10. The highest BCUT2D eigenvalue weighted by Gasteiger charge is 2.19. The van der Waals surface area contributed by atoms with Crippen LogP contribution in [0, 0.1) is 34.6 Å². The highest BCUT2D eigenvalue weighted by Crippen LogP contribution is 2.29. The maximum absolute atomic E-state index is 13.1. The van der Waals surface area contributed by atoms with Crippen molar-refractivity contribution in [1.29, 1.82) is 0 Å². The van der Waals surface area contributed by atoms with Crippen LogP contribution in [0.4, 0.5) is 11.4 Å². The third-order valence-electron chi connectivity index (χ3n) is 5.74. The van der Waals surface area contributed by atoms with Gasteiger partial charge in [0.15, 0.2) is 0 Å². The molecule has 0 atom stereocenters. The van der Waals surface area contributed by atoms with Crippen molar-refractivity contribution < 1.29 is 9.59 Å². The van der Waals surface area contributed by atoms with Crippen molar-refractivity contribution in [2.45, 2.75) is 34.6 Å². The van der Waals surface area contributed by atoms with Gasteiger partial charge in [-0.25, -0.2) is 0 Å². The summed E-state index contributed by atoms with van der Waals surface area (Å²) < 4.78 is 0. The predicted octanol–water partition coefficient (Wildman–Crippen LogP) is 6.39. The number of carbonyl (C=O) groups excluding carboxylic acids is 2. The Balaban J connectivity index is 1.90. The molecule has 0 bridgehead atoms. The molecule has 4 nitrogen and oxygen atoms in total. The zero-order valence-corrected chi connectivity index (χ0v) is 18.6. The Kier molecular flexibility index (Phi) is 6.28. The molecular weight excluding hydrogens is 396 g/mol. The van der Waals surface area contributed by atoms with Gasteiger partial charge in [-0.1, -0.05) is 29.8 Å². The number of anilines is 2. The first kappa shape index (κ1) is 21.6. The maximum Gasteiger partial charge on any atom is 0.256 e. The van der Waals surface area contributed by atoms with Crippen molar-refractivity contribution in [2.24, 2.45) is 0 Å². The van der Waals surface area contributed by atoms with Gasteiger partial charge in [0.1, 0.15) is 0 Å². The summed E-state index contributed by atoms with van der Waals surface area (Å²) in [5.41, 5.74) is 7.44. The number of hydrogen-bond acceptors (Lipinski definition) is 2. The summed E-state index contributed by atoms with van der Waals surface area (Å²) in [4.78, 5) is 25.7. The molecule has 3 rings (SSSR count). The van der Waals surface area contributed by atoms with Gasteiger partial charge >= 0.3 is 0 Å². The summed E-state index contributed by atoms with van der Waals surface area (Å²) in [6.07, 6.45) is 0. The molecule has 0 aliphatic carbocycles. The van der Waals surface area contributed by atoms with Crippen LogP contribution in [0.25, 0.3) is 0 Å². The quantitative estimate of drug-likeness (QED) is 0.514. The van der Waals surface area contributed by atoms with Gasteiger partial charge in [0, 0.05) is 16.8 Å². The average molecular weight is 421 g/mol. The molecule has 3 aromatic carbocycles. The normalized spacial score (nSPS) is 10.6. The number of nitrogens with one attached hydrogen (secondary N) is 2. The highest BCUT2D eigenvalue weighted by molar-refractivity contribution is 6.34. The van der Waals surface area contributed by atoms with E-state index in [1.807, 2.05) is 58.0 Å². The van der Waals surface area contributed by atoms with Gasteiger partial charge in [0.25, 0.3) is 11.8 Å². The SMILES string of the molecule is Cc1c(C)c(C)c(C(=O)Nc2cc(C(=O)Nc3ccccc3)ccc2Cl)c(C)c1C. The van der Waals surface area contributed by atoms with E-state index in [1.54, 1.807) is 18.2 Å². The lowest BCUT2D eigenvalue weighted by molar-refractivity contribution is 0.101. The Morgan fingerprint density at radius 3 is 1.87 bits per heavy atom. The second-order valence-electron chi connectivity index (χ2n) is 7.47. The van der Waals surface area contributed by atoms with E-state index < -0.39 is 0 Å². The van der Waals surface area contributed by atoms with E-state index in [-0.39, 0.29) is 11.8 Å². The summed E-state index contributed by atoms with van der Waals surface area (Å²) in [6.45, 7) is 10.0. The molecule has 0 aliphatic rings. The molecule has 0 radical (unpaired) electrons. The highest BCUT2D eigenvalue weighted by atomic mass is 35.5. The van der Waals surface area contributed by atoms with Crippen LogP contribution in [0.2, 0.25) is 5.02 Å². The van der Waals surface area contributed by atoms with Crippen molar-refractivity contribution in [1.82, 2.24) is 0 Å². The third kappa shape index (κ3) is 4.24. The summed E-state index contributed by atoms with van der Waals surface area (Å²) in [6, 6.07) is 14.0. The Labute approximate surface area is 182 Å². The van der Waals surface area contributed by atoms with E-state index in [1.165, 1.54) is 5.56 Å². The summed E-state index contributed by atoms with van der Waals surface area (Å²) in [5.74, 6) is -0.513. The first-order chi connectivity index (χ1) is 14.2. The molecule has 2 N–H and O–H groups in total. The Morgan fingerprint density at radius 2 is 1.27 bits per heavy atom. The van der Waals surface area contributed by atoms with Crippen LogP contribution in [-0.4, -0.2) is 11.8 Å². The van der Waals surface area contributed by atoms with Crippen LogP contribution in [0.15, 0.2) is 48.5 Å². The van der Waals surface area contributed by atoms with Crippen molar-refractivity contribution in [2.75, 3.05) is 10.6 Å². The minimum atomic E-state index is -0.275. The van der Waals surface area contributed by atoms with Crippen molar-refractivity contribution in [3.05, 3.63) is 92.5 Å². The second kappa shape index (κ2) is 8.72. The van der Waals surface area contributed by atoms with E-state index in [9.17, 15) is 9.59 Å². The Hall–Kier alpha value is -3.11. The fraction of sp³-hybridized carbons (Fsp3) is 0.200. The van der Waals surface area contributed by atoms with Gasteiger partial charge in [-0.15, -0.1) is 0 Å². The monoisotopic (exact) mass is 420 g/mol. The van der Waals surface area contributed by atoms with Crippen molar-refractivity contribution >= 4 is 34.8 Å². The van der Waals surface area contributed by atoms with Gasteiger partial charge in [-0.3, -0.25) is 9.59 Å². The topological polar surface area (TPSA) is 58.2 Å². The Bertz CT molecular complexity index is 1110. The second-order valence-corrected chi connectivity index (χ2v) is 7.88. The minimum Gasteiger partial charge on any atom is -0.322 e. The molecule has 0 saturated heterocycles. The van der Waals surface area contributed by atoms with Gasteiger partial charge in [0.2, 0.25) is 0 Å². The van der Waals surface area contributed by atoms with Gasteiger partial charge < -0.3 is 10.6 Å². The first-order valence-corrected chi connectivity index (χ1v) is 10.1. The molecule has 0 aromatic heterocycles. The number of benzene rings is 3. The maximum atomic E-state index is 13.1. The van der Waals surface area contributed by atoms with Gasteiger partial charge in [-0.05, 0) is 92.8 Å². The number of hydrogen-bond donors (Lipinski definition) is 2. The van der Waals surface area contributed by atoms with Crippen LogP contribution in [0.3, 0.4) is 0 Å². The smallest absolute Gasteiger partial charge is 0.256 e. The van der Waals surface area contributed by atoms with Crippen molar-refractivity contribution in [3.8, 4) is 0 Å². The standard InChI is InChI=1S/C25H25ClN2O2/c1-14-15(2)17(4)23(18(5)16(14)3)25(30)28-22-13-19(11-12-21(22)26)24(29)27-20-9-7-6-8-10-20/h6-13H,1-5H3,(H,27,29)(H,28,30). The third-order valence-corrected chi connectivity index (χ3v) is 6.07. The minimum absolute atomic E-state index is 0.237. The number of amides is 2. The molecule has 5 heteroatoms. The molecule has 3 aromatic rings. The lowest BCUT2D eigenvalue weighted by atomic mass is 9.89. The van der Waals surface area contributed by atoms with Gasteiger partial charge in [0.05, 0.1) is 10.7 Å². The van der Waals surface area contributed by atoms with E-state index >= 15 is 0 Å². The first-order valence-electron chi connectivity index (χ1n) is 9.75. The van der Waals surface area contributed by atoms with Crippen LogP contribution in [-0.2, 0) is 0 Å². The fourth-order valence-corrected chi connectivity index (χ4v) is 3.68.